The quantitative estimate of drug-likeness (QED) is 0.664. The van der Waals surface area contributed by atoms with Crippen LogP contribution < -0.4 is 0 Å². The van der Waals surface area contributed by atoms with Crippen molar-refractivity contribution >= 4 is 10.9 Å². The summed E-state index contributed by atoms with van der Waals surface area (Å²) < 4.78 is 0. The Morgan fingerprint density at radius 1 is 1.15 bits per heavy atom. The van der Waals surface area contributed by atoms with E-state index in [-0.39, 0.29) is 0 Å². The largest absolute Gasteiger partial charge is 0.508 e. The Morgan fingerprint density at radius 2 is 1.92 bits per heavy atom. The fourth-order valence-electron chi connectivity index (χ4n) is 1.52. The average Bonchev–Trinajstić information content (AvgIpc) is 2.02. The Balaban J connectivity index is 2.86. The first-order valence-electron chi connectivity index (χ1n) is 4.23. The highest BCUT2D eigenvalue weighted by Gasteiger charge is 2.00. The Labute approximate surface area is 76.9 Å². The lowest BCUT2D eigenvalue weighted by molar-refractivity contribution is 0.476. The van der Waals surface area contributed by atoms with Crippen LogP contribution in [-0.4, -0.2) is 10.1 Å². The van der Waals surface area contributed by atoms with Crippen LogP contribution in [0.3, 0.4) is 0 Å². The molecule has 0 saturated heterocycles. The molecule has 1 aromatic carbocycles. The van der Waals surface area contributed by atoms with Crippen LogP contribution in [0.2, 0.25) is 0 Å². The SMILES string of the molecule is Cc1cnc2c(C)cc(O)cc2c1. The third-order valence-corrected chi connectivity index (χ3v) is 2.10. The number of fused-ring (bicyclic) bond motifs is 1. The highest BCUT2D eigenvalue weighted by Crippen LogP contribution is 2.22. The fourth-order valence-corrected chi connectivity index (χ4v) is 1.52. The first-order valence-corrected chi connectivity index (χ1v) is 4.23. The van der Waals surface area contributed by atoms with Crippen molar-refractivity contribution in [3.8, 4) is 5.75 Å². The summed E-state index contributed by atoms with van der Waals surface area (Å²) in [4.78, 5) is 4.31. The number of phenolic OH excluding ortho intramolecular Hbond substituents is 1. The molecule has 0 spiro atoms. The lowest BCUT2D eigenvalue weighted by Gasteiger charge is -2.02. The molecule has 0 fully saturated rings. The molecule has 0 aliphatic carbocycles. The maximum absolute atomic E-state index is 9.37. The molecule has 0 saturated carbocycles. The van der Waals surface area contributed by atoms with E-state index in [1.807, 2.05) is 26.1 Å². The molecule has 2 heteroatoms. The summed E-state index contributed by atoms with van der Waals surface area (Å²) >= 11 is 0. The number of phenols is 1. The molecule has 1 N–H and O–H groups in total. The molecule has 2 aromatic rings. The molecule has 0 aliphatic rings. The predicted molar refractivity (Wildman–Crippen MR) is 52.9 cm³/mol. The van der Waals surface area contributed by atoms with E-state index in [0.717, 1.165) is 22.0 Å². The number of nitrogens with zero attached hydrogens (tertiary/aromatic N) is 1. The first kappa shape index (κ1) is 8.05. The third kappa shape index (κ3) is 1.35. The van der Waals surface area contributed by atoms with Gasteiger partial charge in [-0.25, -0.2) is 0 Å². The maximum Gasteiger partial charge on any atom is 0.116 e. The number of aryl methyl sites for hydroxylation is 2. The molecule has 0 atom stereocenters. The first-order chi connectivity index (χ1) is 6.16. The Bertz CT molecular complexity index is 458. The zero-order valence-corrected chi connectivity index (χ0v) is 7.70. The second-order valence-electron chi connectivity index (χ2n) is 3.35. The zero-order valence-electron chi connectivity index (χ0n) is 7.70. The van der Waals surface area contributed by atoms with Crippen LogP contribution in [-0.2, 0) is 0 Å². The second kappa shape index (κ2) is 2.73. The van der Waals surface area contributed by atoms with Crippen molar-refractivity contribution < 1.29 is 5.11 Å². The Kier molecular flexibility index (Phi) is 1.69. The molecule has 0 aliphatic heterocycles. The number of rotatable bonds is 0. The molecule has 0 radical (unpaired) electrons. The van der Waals surface area contributed by atoms with E-state index < -0.39 is 0 Å². The highest BCUT2D eigenvalue weighted by molar-refractivity contribution is 5.83. The average molecular weight is 173 g/mol. The van der Waals surface area contributed by atoms with Gasteiger partial charge in [0.2, 0.25) is 0 Å². The van der Waals surface area contributed by atoms with Crippen LogP contribution in [0.4, 0.5) is 0 Å². The minimum atomic E-state index is 0.303. The number of hydrogen-bond acceptors (Lipinski definition) is 2. The minimum absolute atomic E-state index is 0.303. The molecular formula is C11H11NO. The van der Waals surface area contributed by atoms with Crippen LogP contribution in [0.15, 0.2) is 24.4 Å². The molecule has 0 bridgehead atoms. The highest BCUT2D eigenvalue weighted by atomic mass is 16.3. The van der Waals surface area contributed by atoms with Gasteiger partial charge in [0.05, 0.1) is 5.52 Å². The van der Waals surface area contributed by atoms with Crippen molar-refractivity contribution in [3.63, 3.8) is 0 Å². The molecule has 2 nitrogen and oxygen atoms in total. The summed E-state index contributed by atoms with van der Waals surface area (Å²) in [6.07, 6.45) is 1.84. The van der Waals surface area contributed by atoms with Crippen LogP contribution in [0, 0.1) is 13.8 Å². The van der Waals surface area contributed by atoms with Crippen molar-refractivity contribution in [2.24, 2.45) is 0 Å². The normalized spacial score (nSPS) is 10.6. The standard InChI is InChI=1S/C11H11NO/c1-7-3-9-5-10(13)4-8(2)11(9)12-6-7/h3-6,13H,1-2H3. The molecular weight excluding hydrogens is 162 g/mol. The van der Waals surface area contributed by atoms with Gasteiger partial charge in [-0.3, -0.25) is 4.98 Å². The molecule has 1 heterocycles. The van der Waals surface area contributed by atoms with E-state index in [2.05, 4.69) is 4.98 Å². The molecule has 0 amide bonds. The van der Waals surface area contributed by atoms with Crippen LogP contribution in [0.25, 0.3) is 10.9 Å². The lowest BCUT2D eigenvalue weighted by atomic mass is 10.1. The summed E-state index contributed by atoms with van der Waals surface area (Å²) in [5, 5.41) is 10.4. The van der Waals surface area contributed by atoms with Crippen LogP contribution in [0.5, 0.6) is 5.75 Å². The molecule has 13 heavy (non-hydrogen) atoms. The van der Waals surface area contributed by atoms with E-state index in [4.69, 9.17) is 0 Å². The van der Waals surface area contributed by atoms with Crippen LogP contribution in [0.1, 0.15) is 11.1 Å². The van der Waals surface area contributed by atoms with Crippen LogP contribution >= 0.6 is 0 Å². The van der Waals surface area contributed by atoms with Gasteiger partial charge in [0.1, 0.15) is 5.75 Å². The van der Waals surface area contributed by atoms with E-state index in [9.17, 15) is 5.11 Å². The predicted octanol–water partition coefficient (Wildman–Crippen LogP) is 2.56. The maximum atomic E-state index is 9.37. The van der Waals surface area contributed by atoms with Crippen molar-refractivity contribution in [1.82, 2.24) is 4.98 Å². The van der Waals surface area contributed by atoms with Gasteiger partial charge in [0, 0.05) is 11.6 Å². The Hall–Kier alpha value is -1.57. The van der Waals surface area contributed by atoms with E-state index in [0.29, 0.717) is 5.75 Å². The van der Waals surface area contributed by atoms with Gasteiger partial charge in [-0.2, -0.15) is 0 Å². The Morgan fingerprint density at radius 3 is 2.69 bits per heavy atom. The second-order valence-corrected chi connectivity index (χ2v) is 3.35. The van der Waals surface area contributed by atoms with E-state index >= 15 is 0 Å². The van der Waals surface area contributed by atoms with E-state index in [1.54, 1.807) is 12.1 Å². The minimum Gasteiger partial charge on any atom is -0.508 e. The van der Waals surface area contributed by atoms with Gasteiger partial charge in [0.25, 0.3) is 0 Å². The van der Waals surface area contributed by atoms with Gasteiger partial charge in [0.15, 0.2) is 0 Å². The zero-order chi connectivity index (χ0) is 9.42. The van der Waals surface area contributed by atoms with Gasteiger partial charge in [-0.05, 0) is 43.2 Å². The van der Waals surface area contributed by atoms with Gasteiger partial charge in [-0.1, -0.05) is 0 Å². The summed E-state index contributed by atoms with van der Waals surface area (Å²) in [5.74, 6) is 0.303. The summed E-state index contributed by atoms with van der Waals surface area (Å²) in [6, 6.07) is 5.49. The molecule has 0 unspecified atom stereocenters. The smallest absolute Gasteiger partial charge is 0.116 e. The van der Waals surface area contributed by atoms with Crippen molar-refractivity contribution in [2.45, 2.75) is 13.8 Å². The van der Waals surface area contributed by atoms with Gasteiger partial charge >= 0.3 is 0 Å². The molecule has 1 aromatic heterocycles. The molecule has 66 valence electrons. The van der Waals surface area contributed by atoms with E-state index in [1.165, 1.54) is 0 Å². The number of pyridine rings is 1. The molecule has 2 rings (SSSR count). The van der Waals surface area contributed by atoms with Crippen molar-refractivity contribution in [1.29, 1.82) is 0 Å². The summed E-state index contributed by atoms with van der Waals surface area (Å²) in [7, 11) is 0. The topological polar surface area (TPSA) is 33.1 Å². The number of hydrogen-bond donors (Lipinski definition) is 1. The van der Waals surface area contributed by atoms with Gasteiger partial charge in [-0.15, -0.1) is 0 Å². The number of benzene rings is 1. The lowest BCUT2D eigenvalue weighted by Crippen LogP contribution is -1.84. The fraction of sp³-hybridized carbons (Fsp3) is 0.182. The van der Waals surface area contributed by atoms with Crippen molar-refractivity contribution in [2.75, 3.05) is 0 Å². The third-order valence-electron chi connectivity index (χ3n) is 2.10. The number of aromatic nitrogens is 1. The number of aromatic hydroxyl groups is 1. The monoisotopic (exact) mass is 173 g/mol. The van der Waals surface area contributed by atoms with Gasteiger partial charge < -0.3 is 5.11 Å². The van der Waals surface area contributed by atoms with Crippen molar-refractivity contribution in [3.05, 3.63) is 35.5 Å². The summed E-state index contributed by atoms with van der Waals surface area (Å²) in [6.45, 7) is 3.94. The summed E-state index contributed by atoms with van der Waals surface area (Å²) in [5.41, 5.74) is 3.08.